The summed E-state index contributed by atoms with van der Waals surface area (Å²) >= 11 is 3.19. The molecule has 1 saturated carbocycles. The maximum Gasteiger partial charge on any atom is 0.276 e. The molecule has 1 aliphatic carbocycles. The molecule has 102 valence electrons. The van der Waals surface area contributed by atoms with Crippen molar-refractivity contribution in [1.29, 1.82) is 0 Å². The lowest BCUT2D eigenvalue weighted by Crippen LogP contribution is -2.28. The molecule has 0 atom stereocenters. The fourth-order valence-corrected chi connectivity index (χ4v) is 2.43. The lowest BCUT2D eigenvalue weighted by atomic mass is 10.2. The second kappa shape index (κ2) is 6.12. The van der Waals surface area contributed by atoms with Crippen LogP contribution in [-0.2, 0) is 4.84 Å². The van der Waals surface area contributed by atoms with Crippen LogP contribution in [0.3, 0.4) is 0 Å². The predicted molar refractivity (Wildman–Crippen MR) is 71.6 cm³/mol. The molecule has 0 unspecified atom stereocenters. The van der Waals surface area contributed by atoms with Crippen LogP contribution < -0.4 is 5.48 Å². The maximum atomic E-state index is 11.9. The number of nitrogens with zero attached hydrogens (tertiary/aromatic N) is 1. The summed E-state index contributed by atoms with van der Waals surface area (Å²) in [5.74, 6) is -0.484. The van der Waals surface area contributed by atoms with Crippen molar-refractivity contribution in [3.63, 3.8) is 0 Å². The molecule has 1 N–H and O–H groups in total. The molecule has 0 bridgehead atoms. The summed E-state index contributed by atoms with van der Waals surface area (Å²) in [5.41, 5.74) is 2.41. The largest absolute Gasteiger partial charge is 0.276 e. The van der Waals surface area contributed by atoms with Crippen molar-refractivity contribution in [1.82, 2.24) is 5.48 Å². The van der Waals surface area contributed by atoms with Crippen molar-refractivity contribution in [3.8, 4) is 0 Å². The number of non-ortho nitro benzene ring substituents is 1. The molecule has 1 aromatic rings. The number of nitrogens with one attached hydrogen (secondary N) is 1. The number of hydrogen-bond donors (Lipinski definition) is 1. The Morgan fingerprint density at radius 1 is 1.42 bits per heavy atom. The molecular formula is C12H13BrN2O4. The van der Waals surface area contributed by atoms with Crippen LogP contribution in [0.4, 0.5) is 5.69 Å². The third-order valence-corrected chi connectivity index (χ3v) is 3.72. The van der Waals surface area contributed by atoms with Crippen molar-refractivity contribution >= 4 is 27.5 Å². The summed E-state index contributed by atoms with van der Waals surface area (Å²) < 4.78 is 0.491. The van der Waals surface area contributed by atoms with Crippen LogP contribution in [0.1, 0.15) is 36.0 Å². The third-order valence-electron chi connectivity index (χ3n) is 3.03. The normalized spacial score (nSPS) is 15.4. The van der Waals surface area contributed by atoms with Crippen LogP contribution in [0.5, 0.6) is 0 Å². The molecular weight excluding hydrogens is 316 g/mol. The van der Waals surface area contributed by atoms with E-state index in [1.807, 2.05) is 0 Å². The fourth-order valence-electron chi connectivity index (χ4n) is 2.00. The highest BCUT2D eigenvalue weighted by atomic mass is 79.9. The summed E-state index contributed by atoms with van der Waals surface area (Å²) in [6, 6.07) is 4.03. The second-order valence-corrected chi connectivity index (χ2v) is 5.23. The number of nitro groups is 1. The molecule has 19 heavy (non-hydrogen) atoms. The number of amides is 1. The van der Waals surface area contributed by atoms with Crippen LogP contribution in [0.15, 0.2) is 22.7 Å². The third kappa shape index (κ3) is 3.51. The van der Waals surface area contributed by atoms with Crippen LogP contribution in [0.2, 0.25) is 0 Å². The number of benzene rings is 1. The monoisotopic (exact) mass is 328 g/mol. The van der Waals surface area contributed by atoms with E-state index in [0.29, 0.717) is 4.47 Å². The first kappa shape index (κ1) is 14.0. The average molecular weight is 329 g/mol. The molecule has 0 saturated heterocycles. The lowest BCUT2D eigenvalue weighted by molar-refractivity contribution is -0.384. The Bertz CT molecular complexity index is 501. The second-order valence-electron chi connectivity index (χ2n) is 4.38. The number of halogens is 1. The van der Waals surface area contributed by atoms with Crippen LogP contribution >= 0.6 is 15.9 Å². The molecule has 2 rings (SSSR count). The van der Waals surface area contributed by atoms with Gasteiger partial charge in [-0.1, -0.05) is 12.8 Å². The Morgan fingerprint density at radius 3 is 2.74 bits per heavy atom. The van der Waals surface area contributed by atoms with E-state index in [9.17, 15) is 14.9 Å². The first-order valence-corrected chi connectivity index (χ1v) is 6.77. The number of hydroxylamine groups is 1. The molecule has 1 aliphatic rings. The predicted octanol–water partition coefficient (Wildman–Crippen LogP) is 2.96. The van der Waals surface area contributed by atoms with Gasteiger partial charge in [0.2, 0.25) is 0 Å². The van der Waals surface area contributed by atoms with Crippen molar-refractivity contribution < 1.29 is 14.6 Å². The van der Waals surface area contributed by atoms with Crippen molar-refractivity contribution in [2.45, 2.75) is 31.8 Å². The Morgan fingerprint density at radius 2 is 2.11 bits per heavy atom. The zero-order chi connectivity index (χ0) is 13.8. The SMILES string of the molecule is O=C(NOC1CCCC1)c1cc([N+](=O)[O-])ccc1Br. The number of carbonyl (C=O) groups excluding carboxylic acids is 1. The number of rotatable bonds is 4. The van der Waals surface area contributed by atoms with Crippen LogP contribution in [-0.4, -0.2) is 16.9 Å². The number of nitro benzene ring substituents is 1. The number of carbonyl (C=O) groups is 1. The molecule has 1 aromatic carbocycles. The Labute approximate surface area is 118 Å². The van der Waals surface area contributed by atoms with Gasteiger partial charge in [0.05, 0.1) is 16.6 Å². The van der Waals surface area contributed by atoms with Gasteiger partial charge >= 0.3 is 0 Å². The molecule has 0 radical (unpaired) electrons. The minimum absolute atomic E-state index is 0.0430. The molecule has 0 aromatic heterocycles. The molecule has 1 fully saturated rings. The van der Waals surface area contributed by atoms with Gasteiger partial charge in [0, 0.05) is 16.6 Å². The zero-order valence-electron chi connectivity index (χ0n) is 10.1. The van der Waals surface area contributed by atoms with Gasteiger partial charge in [-0.2, -0.15) is 0 Å². The first-order valence-electron chi connectivity index (χ1n) is 5.98. The van der Waals surface area contributed by atoms with Crippen molar-refractivity contribution in [2.75, 3.05) is 0 Å². The van der Waals surface area contributed by atoms with Gasteiger partial charge in [-0.3, -0.25) is 19.7 Å². The smallest absolute Gasteiger partial charge is 0.270 e. The molecule has 0 heterocycles. The molecule has 1 amide bonds. The molecule has 7 heteroatoms. The topological polar surface area (TPSA) is 81.5 Å². The van der Waals surface area contributed by atoms with Crippen LogP contribution in [0.25, 0.3) is 0 Å². The lowest BCUT2D eigenvalue weighted by Gasteiger charge is -2.11. The van der Waals surface area contributed by atoms with E-state index in [1.54, 1.807) is 0 Å². The molecule has 6 nitrogen and oxygen atoms in total. The minimum Gasteiger partial charge on any atom is -0.270 e. The van der Waals surface area contributed by atoms with Crippen molar-refractivity contribution in [2.24, 2.45) is 0 Å². The number of hydrogen-bond acceptors (Lipinski definition) is 4. The van der Waals surface area contributed by atoms with E-state index in [4.69, 9.17) is 4.84 Å². The van der Waals surface area contributed by atoms with Gasteiger partial charge in [0.1, 0.15) is 0 Å². The highest BCUT2D eigenvalue weighted by molar-refractivity contribution is 9.10. The van der Waals surface area contributed by atoms with Gasteiger partial charge in [-0.05, 0) is 34.8 Å². The summed E-state index contributed by atoms with van der Waals surface area (Å²) in [7, 11) is 0. The van der Waals surface area contributed by atoms with E-state index >= 15 is 0 Å². The molecule has 0 aliphatic heterocycles. The van der Waals surface area contributed by atoms with Gasteiger partial charge in [-0.15, -0.1) is 0 Å². The Kier molecular flexibility index (Phi) is 4.49. The van der Waals surface area contributed by atoms with Gasteiger partial charge in [-0.25, -0.2) is 5.48 Å². The summed E-state index contributed by atoms with van der Waals surface area (Å²) in [5, 5.41) is 10.7. The van der Waals surface area contributed by atoms with Gasteiger partial charge in [0.15, 0.2) is 0 Å². The quantitative estimate of drug-likeness (QED) is 0.680. The van der Waals surface area contributed by atoms with Crippen molar-refractivity contribution in [3.05, 3.63) is 38.3 Å². The van der Waals surface area contributed by atoms with Gasteiger partial charge in [0.25, 0.3) is 11.6 Å². The summed E-state index contributed by atoms with van der Waals surface area (Å²) in [4.78, 5) is 27.3. The first-order chi connectivity index (χ1) is 9.08. The highest BCUT2D eigenvalue weighted by Gasteiger charge is 2.19. The minimum atomic E-state index is -0.541. The van der Waals surface area contributed by atoms with E-state index in [0.717, 1.165) is 25.7 Å². The van der Waals surface area contributed by atoms with E-state index < -0.39 is 10.8 Å². The van der Waals surface area contributed by atoms with Crippen LogP contribution in [0, 0.1) is 10.1 Å². The van der Waals surface area contributed by atoms with E-state index in [-0.39, 0.29) is 17.4 Å². The fraction of sp³-hybridized carbons (Fsp3) is 0.417. The summed E-state index contributed by atoms with van der Waals surface area (Å²) in [6.45, 7) is 0. The van der Waals surface area contributed by atoms with E-state index in [2.05, 4.69) is 21.4 Å². The summed E-state index contributed by atoms with van der Waals surface area (Å²) in [6.07, 6.45) is 4.09. The standard InChI is InChI=1S/C12H13BrN2O4/c13-11-6-5-8(15(17)18)7-10(11)12(16)14-19-9-3-1-2-4-9/h5-7,9H,1-4H2,(H,14,16). The highest BCUT2D eigenvalue weighted by Crippen LogP contribution is 2.23. The molecule has 0 spiro atoms. The van der Waals surface area contributed by atoms with E-state index in [1.165, 1.54) is 18.2 Å². The van der Waals surface area contributed by atoms with Gasteiger partial charge < -0.3 is 0 Å². The zero-order valence-corrected chi connectivity index (χ0v) is 11.7. The Balaban J connectivity index is 2.04. The average Bonchev–Trinajstić information content (AvgIpc) is 2.89. The Hall–Kier alpha value is -1.47. The maximum absolute atomic E-state index is 11.9.